The molecule has 110 valence electrons. The Kier molecular flexibility index (Phi) is 5.98. The highest BCUT2D eigenvalue weighted by Crippen LogP contribution is 2.16. The summed E-state index contributed by atoms with van der Waals surface area (Å²) in [6.45, 7) is 1.27. The van der Waals surface area contributed by atoms with Gasteiger partial charge < -0.3 is 10.6 Å². The highest BCUT2D eigenvalue weighted by Gasteiger charge is 2.14. The Balaban J connectivity index is 2.01. The number of hydrogen-bond acceptors (Lipinski definition) is 2. The number of anilines is 1. The fourth-order valence-corrected chi connectivity index (χ4v) is 2.29. The first-order valence-electron chi connectivity index (χ1n) is 7.40. The molecule has 2 rings (SSSR count). The number of benzene rings is 2. The van der Waals surface area contributed by atoms with Crippen LogP contribution in [0.3, 0.4) is 0 Å². The number of nitrogens with zero attached hydrogens (tertiary/aromatic N) is 1. The maximum absolute atomic E-state index is 12.5. The van der Waals surface area contributed by atoms with Gasteiger partial charge in [0, 0.05) is 18.7 Å². The maximum Gasteiger partial charge on any atom is 0.227 e. The molecular weight excluding hydrogens is 260 g/mol. The number of amides is 1. The lowest BCUT2D eigenvalue weighted by Gasteiger charge is -2.22. The van der Waals surface area contributed by atoms with Gasteiger partial charge in [0.1, 0.15) is 0 Å². The van der Waals surface area contributed by atoms with Gasteiger partial charge in [-0.25, -0.2) is 0 Å². The zero-order valence-electron chi connectivity index (χ0n) is 12.2. The Hall–Kier alpha value is -2.13. The summed E-state index contributed by atoms with van der Waals surface area (Å²) in [6, 6.07) is 19.9. The number of carbonyl (C=O) groups excluding carboxylic acids is 1. The third-order valence-electron chi connectivity index (χ3n) is 3.43. The van der Waals surface area contributed by atoms with Crippen LogP contribution in [0.5, 0.6) is 0 Å². The van der Waals surface area contributed by atoms with Crippen molar-refractivity contribution in [2.45, 2.75) is 19.3 Å². The molecule has 1 amide bonds. The van der Waals surface area contributed by atoms with Crippen LogP contribution in [0.1, 0.15) is 18.4 Å². The van der Waals surface area contributed by atoms with Crippen molar-refractivity contribution in [3.05, 3.63) is 66.2 Å². The molecule has 0 saturated carbocycles. The summed E-state index contributed by atoms with van der Waals surface area (Å²) in [7, 11) is 0. The van der Waals surface area contributed by atoms with Crippen molar-refractivity contribution in [1.82, 2.24) is 0 Å². The van der Waals surface area contributed by atoms with Gasteiger partial charge in [-0.15, -0.1) is 0 Å². The Morgan fingerprint density at radius 3 is 2.19 bits per heavy atom. The molecule has 2 N–H and O–H groups in total. The minimum Gasteiger partial charge on any atom is -0.330 e. The van der Waals surface area contributed by atoms with E-state index in [2.05, 4.69) is 12.1 Å². The number of aryl methyl sites for hydroxylation is 1. The van der Waals surface area contributed by atoms with Gasteiger partial charge in [0.25, 0.3) is 0 Å². The molecule has 0 radical (unpaired) electrons. The van der Waals surface area contributed by atoms with Gasteiger partial charge in [0.15, 0.2) is 0 Å². The maximum atomic E-state index is 12.5. The second-order valence-electron chi connectivity index (χ2n) is 5.01. The molecule has 0 heterocycles. The third kappa shape index (κ3) is 4.72. The van der Waals surface area contributed by atoms with Crippen LogP contribution in [0.15, 0.2) is 60.7 Å². The molecule has 2 aromatic rings. The van der Waals surface area contributed by atoms with Gasteiger partial charge in [0.05, 0.1) is 0 Å². The predicted molar refractivity (Wildman–Crippen MR) is 87.2 cm³/mol. The van der Waals surface area contributed by atoms with Crippen LogP contribution in [-0.4, -0.2) is 19.0 Å². The lowest BCUT2D eigenvalue weighted by atomic mass is 10.1. The molecule has 0 unspecified atom stereocenters. The molecule has 3 heteroatoms. The number of nitrogens with two attached hydrogens (primary N) is 1. The summed E-state index contributed by atoms with van der Waals surface area (Å²) >= 11 is 0. The Morgan fingerprint density at radius 2 is 1.57 bits per heavy atom. The first-order chi connectivity index (χ1) is 10.3. The van der Waals surface area contributed by atoms with E-state index >= 15 is 0 Å². The summed E-state index contributed by atoms with van der Waals surface area (Å²) in [5.41, 5.74) is 7.72. The fourth-order valence-electron chi connectivity index (χ4n) is 2.29. The van der Waals surface area contributed by atoms with Crippen molar-refractivity contribution in [1.29, 1.82) is 0 Å². The molecule has 2 aromatic carbocycles. The van der Waals surface area contributed by atoms with Crippen LogP contribution in [0.2, 0.25) is 0 Å². The van der Waals surface area contributed by atoms with E-state index < -0.39 is 0 Å². The molecule has 0 aliphatic rings. The van der Waals surface area contributed by atoms with Crippen LogP contribution < -0.4 is 10.6 Å². The van der Waals surface area contributed by atoms with Gasteiger partial charge >= 0.3 is 0 Å². The van der Waals surface area contributed by atoms with E-state index in [0.29, 0.717) is 19.5 Å². The van der Waals surface area contributed by atoms with Crippen molar-refractivity contribution in [3.63, 3.8) is 0 Å². The largest absolute Gasteiger partial charge is 0.330 e. The zero-order chi connectivity index (χ0) is 14.9. The van der Waals surface area contributed by atoms with Gasteiger partial charge in [-0.2, -0.15) is 0 Å². The van der Waals surface area contributed by atoms with E-state index in [9.17, 15) is 4.79 Å². The van der Waals surface area contributed by atoms with Gasteiger partial charge in [-0.05, 0) is 37.1 Å². The van der Waals surface area contributed by atoms with E-state index in [1.807, 2.05) is 53.4 Å². The minimum absolute atomic E-state index is 0.151. The van der Waals surface area contributed by atoms with Crippen LogP contribution in [0.4, 0.5) is 5.69 Å². The van der Waals surface area contributed by atoms with Crippen LogP contribution in [0.25, 0.3) is 0 Å². The quantitative estimate of drug-likeness (QED) is 0.848. The molecule has 0 aliphatic carbocycles. The monoisotopic (exact) mass is 282 g/mol. The Morgan fingerprint density at radius 1 is 0.952 bits per heavy atom. The molecule has 0 bridgehead atoms. The highest BCUT2D eigenvalue weighted by molar-refractivity contribution is 5.93. The van der Waals surface area contributed by atoms with E-state index in [0.717, 1.165) is 18.5 Å². The molecule has 0 fully saturated rings. The average Bonchev–Trinajstić information content (AvgIpc) is 2.55. The molecule has 0 spiro atoms. The highest BCUT2D eigenvalue weighted by atomic mass is 16.2. The smallest absolute Gasteiger partial charge is 0.227 e. The van der Waals surface area contributed by atoms with E-state index in [1.54, 1.807) is 0 Å². The standard InChI is InChI=1S/C18H22N2O/c19-14-7-15-20(17-10-5-2-6-11-17)18(21)13-12-16-8-3-1-4-9-16/h1-6,8-11H,7,12-15,19H2. The molecule has 3 nitrogen and oxygen atoms in total. The SMILES string of the molecule is NCCCN(C(=O)CCc1ccccc1)c1ccccc1. The summed E-state index contributed by atoms with van der Waals surface area (Å²) in [5.74, 6) is 0.151. The van der Waals surface area contributed by atoms with Crippen LogP contribution in [-0.2, 0) is 11.2 Å². The van der Waals surface area contributed by atoms with E-state index in [-0.39, 0.29) is 5.91 Å². The lowest BCUT2D eigenvalue weighted by molar-refractivity contribution is -0.118. The van der Waals surface area contributed by atoms with E-state index in [1.165, 1.54) is 5.56 Å². The topological polar surface area (TPSA) is 46.3 Å². The third-order valence-corrected chi connectivity index (χ3v) is 3.43. The molecule has 21 heavy (non-hydrogen) atoms. The molecular formula is C18H22N2O. The second-order valence-corrected chi connectivity index (χ2v) is 5.01. The number of hydrogen-bond donors (Lipinski definition) is 1. The number of carbonyl (C=O) groups is 1. The van der Waals surface area contributed by atoms with Crippen molar-refractivity contribution in [3.8, 4) is 0 Å². The Labute approximate surface area is 126 Å². The molecule has 0 aromatic heterocycles. The first-order valence-corrected chi connectivity index (χ1v) is 7.40. The Bertz CT molecular complexity index is 540. The summed E-state index contributed by atoms with van der Waals surface area (Å²) in [6.07, 6.45) is 2.10. The van der Waals surface area contributed by atoms with Crippen molar-refractivity contribution in [2.24, 2.45) is 5.73 Å². The average molecular weight is 282 g/mol. The van der Waals surface area contributed by atoms with Crippen molar-refractivity contribution >= 4 is 11.6 Å². The first kappa shape index (κ1) is 15.3. The predicted octanol–water partition coefficient (Wildman–Crippen LogP) is 3.00. The van der Waals surface area contributed by atoms with Crippen molar-refractivity contribution < 1.29 is 4.79 Å². The summed E-state index contributed by atoms with van der Waals surface area (Å²) in [5, 5.41) is 0. The fraction of sp³-hybridized carbons (Fsp3) is 0.278. The normalized spacial score (nSPS) is 10.3. The molecule has 0 aliphatic heterocycles. The number of para-hydroxylation sites is 1. The van der Waals surface area contributed by atoms with Gasteiger partial charge in [-0.1, -0.05) is 48.5 Å². The summed E-state index contributed by atoms with van der Waals surface area (Å²) in [4.78, 5) is 14.4. The molecule has 0 atom stereocenters. The molecule has 0 saturated heterocycles. The second kappa shape index (κ2) is 8.22. The number of rotatable bonds is 7. The van der Waals surface area contributed by atoms with Crippen molar-refractivity contribution in [2.75, 3.05) is 18.0 Å². The lowest BCUT2D eigenvalue weighted by Crippen LogP contribution is -2.33. The van der Waals surface area contributed by atoms with Crippen LogP contribution in [0, 0.1) is 0 Å². The zero-order valence-corrected chi connectivity index (χ0v) is 12.2. The summed E-state index contributed by atoms with van der Waals surface area (Å²) < 4.78 is 0. The van der Waals surface area contributed by atoms with Gasteiger partial charge in [-0.3, -0.25) is 4.79 Å². The van der Waals surface area contributed by atoms with Gasteiger partial charge in [0.2, 0.25) is 5.91 Å². The minimum atomic E-state index is 0.151. The van der Waals surface area contributed by atoms with E-state index in [4.69, 9.17) is 5.73 Å². The van der Waals surface area contributed by atoms with Crippen LogP contribution >= 0.6 is 0 Å².